The Balaban J connectivity index is 2.15. The first-order valence-electron chi connectivity index (χ1n) is 7.72. The lowest BCUT2D eigenvalue weighted by molar-refractivity contribution is 1.34. The highest BCUT2D eigenvalue weighted by Gasteiger charge is 2.15. The highest BCUT2D eigenvalue weighted by atomic mass is 14.2. The van der Waals surface area contributed by atoms with Crippen LogP contribution in [0, 0.1) is 13.8 Å². The minimum absolute atomic E-state index is 1.28. The van der Waals surface area contributed by atoms with Crippen molar-refractivity contribution < 1.29 is 0 Å². The number of fused-ring (bicyclic) bond motifs is 5. The van der Waals surface area contributed by atoms with E-state index in [1.165, 1.54) is 44.5 Å². The van der Waals surface area contributed by atoms with Crippen LogP contribution in [0.4, 0.5) is 0 Å². The summed E-state index contributed by atoms with van der Waals surface area (Å²) in [6.07, 6.45) is 4.46. The van der Waals surface area contributed by atoms with Crippen LogP contribution in [0.2, 0.25) is 0 Å². The van der Waals surface area contributed by atoms with Crippen LogP contribution in [0.1, 0.15) is 22.3 Å². The molecule has 0 fully saturated rings. The van der Waals surface area contributed by atoms with Gasteiger partial charge in [-0.1, -0.05) is 72.8 Å². The van der Waals surface area contributed by atoms with Gasteiger partial charge in [-0.15, -0.1) is 0 Å². The standard InChI is InChI=1S/C22H18/c1-15-13-21-19-9-5-3-7-17(19)11-12-18-8-4-6-10-20(18)22(21)14-16(15)2/h3-14H,1-2H3/b12-11-,17-11?,18-12?,21-19?,22-20?. The van der Waals surface area contributed by atoms with E-state index in [4.69, 9.17) is 0 Å². The maximum atomic E-state index is 2.33. The molecule has 22 heavy (non-hydrogen) atoms. The number of hydrogen-bond donors (Lipinski definition) is 0. The van der Waals surface area contributed by atoms with Gasteiger partial charge in [0.2, 0.25) is 0 Å². The van der Waals surface area contributed by atoms with Gasteiger partial charge in [0.15, 0.2) is 0 Å². The Morgan fingerprint density at radius 3 is 1.36 bits per heavy atom. The Bertz CT molecular complexity index is 823. The van der Waals surface area contributed by atoms with Crippen molar-refractivity contribution in [2.24, 2.45) is 0 Å². The maximum absolute atomic E-state index is 2.33. The van der Waals surface area contributed by atoms with Gasteiger partial charge in [-0.2, -0.15) is 0 Å². The minimum Gasteiger partial charge on any atom is -0.0616 e. The molecule has 0 amide bonds. The zero-order valence-corrected chi connectivity index (χ0v) is 12.9. The largest absolute Gasteiger partial charge is 0.0616 e. The van der Waals surface area contributed by atoms with Crippen LogP contribution in [-0.2, 0) is 0 Å². The second-order valence-electron chi connectivity index (χ2n) is 5.99. The molecule has 3 aromatic rings. The van der Waals surface area contributed by atoms with Crippen LogP contribution in [0.15, 0.2) is 60.7 Å². The molecule has 0 heteroatoms. The van der Waals surface area contributed by atoms with Crippen molar-refractivity contribution in [1.82, 2.24) is 0 Å². The molecule has 0 radical (unpaired) electrons. The van der Waals surface area contributed by atoms with Crippen LogP contribution in [-0.4, -0.2) is 0 Å². The van der Waals surface area contributed by atoms with Gasteiger partial charge in [-0.05, 0) is 58.4 Å². The van der Waals surface area contributed by atoms with E-state index in [1.807, 2.05) is 0 Å². The molecular formula is C22H18. The van der Waals surface area contributed by atoms with Crippen molar-refractivity contribution in [3.05, 3.63) is 82.9 Å². The normalized spacial score (nSPS) is 13.4. The third-order valence-electron chi connectivity index (χ3n) is 4.58. The molecule has 0 aliphatic heterocycles. The topological polar surface area (TPSA) is 0 Å². The van der Waals surface area contributed by atoms with E-state index in [0.717, 1.165) is 0 Å². The van der Waals surface area contributed by atoms with Crippen LogP contribution in [0.3, 0.4) is 0 Å². The predicted octanol–water partition coefficient (Wildman–Crippen LogP) is 6.12. The summed E-state index contributed by atoms with van der Waals surface area (Å²) in [6, 6.07) is 22.0. The summed E-state index contributed by atoms with van der Waals surface area (Å²) in [7, 11) is 0. The summed E-state index contributed by atoms with van der Waals surface area (Å²) < 4.78 is 0. The molecule has 106 valence electrons. The smallest absolute Gasteiger partial charge is 0.00963 e. The van der Waals surface area contributed by atoms with Crippen LogP contribution >= 0.6 is 0 Å². The quantitative estimate of drug-likeness (QED) is 0.364. The molecule has 0 saturated heterocycles. The monoisotopic (exact) mass is 282 g/mol. The number of aryl methyl sites for hydroxylation is 2. The van der Waals surface area contributed by atoms with Crippen molar-refractivity contribution in [3.63, 3.8) is 0 Å². The summed E-state index contributed by atoms with van der Waals surface area (Å²) in [6.45, 7) is 4.39. The Morgan fingerprint density at radius 1 is 0.500 bits per heavy atom. The Labute approximate surface area is 131 Å². The number of benzene rings is 3. The molecule has 0 atom stereocenters. The molecule has 0 nitrogen and oxygen atoms in total. The van der Waals surface area contributed by atoms with Crippen LogP contribution in [0.5, 0.6) is 0 Å². The summed E-state index contributed by atoms with van der Waals surface area (Å²) in [5.74, 6) is 0. The van der Waals surface area contributed by atoms with Gasteiger partial charge in [0, 0.05) is 0 Å². The first-order valence-corrected chi connectivity index (χ1v) is 7.72. The lowest BCUT2D eigenvalue weighted by Gasteiger charge is -2.19. The van der Waals surface area contributed by atoms with E-state index in [-0.39, 0.29) is 0 Å². The van der Waals surface area contributed by atoms with Crippen LogP contribution in [0.25, 0.3) is 34.4 Å². The highest BCUT2D eigenvalue weighted by molar-refractivity contribution is 5.95. The molecule has 0 N–H and O–H groups in total. The fourth-order valence-corrected chi connectivity index (χ4v) is 3.22. The predicted molar refractivity (Wildman–Crippen MR) is 95.7 cm³/mol. The molecule has 4 rings (SSSR count). The first-order chi connectivity index (χ1) is 10.7. The molecule has 1 aliphatic rings. The second-order valence-corrected chi connectivity index (χ2v) is 5.99. The molecule has 0 spiro atoms. The molecule has 0 heterocycles. The summed E-state index contributed by atoms with van der Waals surface area (Å²) >= 11 is 0. The minimum atomic E-state index is 1.28. The lowest BCUT2D eigenvalue weighted by Crippen LogP contribution is -1.95. The number of hydrogen-bond acceptors (Lipinski definition) is 0. The average Bonchev–Trinajstić information content (AvgIpc) is 2.54. The van der Waals surface area contributed by atoms with Crippen molar-refractivity contribution >= 4 is 12.2 Å². The second kappa shape index (κ2) is 4.99. The maximum Gasteiger partial charge on any atom is -0.00963 e. The van der Waals surface area contributed by atoms with Gasteiger partial charge in [-0.3, -0.25) is 0 Å². The van der Waals surface area contributed by atoms with Gasteiger partial charge in [0.05, 0.1) is 0 Å². The van der Waals surface area contributed by atoms with Gasteiger partial charge in [0.1, 0.15) is 0 Å². The third kappa shape index (κ3) is 2.00. The zero-order chi connectivity index (χ0) is 15.1. The van der Waals surface area contributed by atoms with E-state index in [0.29, 0.717) is 0 Å². The summed E-state index contributed by atoms with van der Waals surface area (Å²) in [4.78, 5) is 0. The van der Waals surface area contributed by atoms with Crippen molar-refractivity contribution in [1.29, 1.82) is 0 Å². The molecular weight excluding hydrogens is 264 g/mol. The van der Waals surface area contributed by atoms with Crippen molar-refractivity contribution in [2.45, 2.75) is 13.8 Å². The lowest BCUT2D eigenvalue weighted by atomic mass is 9.85. The van der Waals surface area contributed by atoms with E-state index in [2.05, 4.69) is 86.7 Å². The zero-order valence-electron chi connectivity index (χ0n) is 12.9. The van der Waals surface area contributed by atoms with Crippen LogP contribution < -0.4 is 0 Å². The van der Waals surface area contributed by atoms with E-state index >= 15 is 0 Å². The molecule has 1 aliphatic carbocycles. The fourth-order valence-electron chi connectivity index (χ4n) is 3.22. The summed E-state index contributed by atoms with van der Waals surface area (Å²) in [5, 5.41) is 0. The van der Waals surface area contributed by atoms with Crippen molar-refractivity contribution in [3.8, 4) is 22.3 Å². The Morgan fingerprint density at radius 2 is 0.909 bits per heavy atom. The van der Waals surface area contributed by atoms with E-state index < -0.39 is 0 Å². The first kappa shape index (κ1) is 13.1. The Kier molecular flexibility index (Phi) is 2.97. The summed E-state index contributed by atoms with van der Waals surface area (Å²) in [5.41, 5.74) is 10.5. The average molecular weight is 282 g/mol. The fraction of sp³-hybridized carbons (Fsp3) is 0.0909. The van der Waals surface area contributed by atoms with Gasteiger partial charge in [-0.25, -0.2) is 0 Å². The van der Waals surface area contributed by atoms with Gasteiger partial charge in [0.25, 0.3) is 0 Å². The molecule has 0 saturated carbocycles. The van der Waals surface area contributed by atoms with Gasteiger partial charge < -0.3 is 0 Å². The third-order valence-corrected chi connectivity index (χ3v) is 4.58. The van der Waals surface area contributed by atoms with E-state index in [9.17, 15) is 0 Å². The SMILES string of the molecule is Cc1cc2c(cc1C)-c1ccccc1/C=C\c1ccccc1-2. The molecule has 0 bridgehead atoms. The van der Waals surface area contributed by atoms with Crippen molar-refractivity contribution in [2.75, 3.05) is 0 Å². The van der Waals surface area contributed by atoms with E-state index in [1.54, 1.807) is 0 Å². The highest BCUT2D eigenvalue weighted by Crippen LogP contribution is 2.40. The number of rotatable bonds is 0. The molecule has 0 aromatic heterocycles. The van der Waals surface area contributed by atoms with Gasteiger partial charge >= 0.3 is 0 Å². The Hall–Kier alpha value is -2.60. The molecule has 0 unspecified atom stereocenters. The molecule has 3 aromatic carbocycles.